The Morgan fingerprint density at radius 1 is 1.59 bits per heavy atom. The van der Waals surface area contributed by atoms with Crippen molar-refractivity contribution in [1.82, 2.24) is 4.90 Å². The van der Waals surface area contributed by atoms with Crippen LogP contribution in [0.15, 0.2) is 22.7 Å². The fourth-order valence-corrected chi connectivity index (χ4v) is 1.96. The zero-order valence-electron chi connectivity index (χ0n) is 10.2. The second kappa shape index (κ2) is 5.83. The predicted molar refractivity (Wildman–Crippen MR) is 70.6 cm³/mol. The van der Waals surface area contributed by atoms with Gasteiger partial charge in [-0.3, -0.25) is 4.79 Å². The van der Waals surface area contributed by atoms with Crippen LogP contribution in [0.2, 0.25) is 0 Å². The summed E-state index contributed by atoms with van der Waals surface area (Å²) in [6, 6.07) is 7.78. The van der Waals surface area contributed by atoms with Gasteiger partial charge >= 0.3 is 0 Å². The van der Waals surface area contributed by atoms with Gasteiger partial charge in [0.25, 0.3) is 5.91 Å². The Balaban J connectivity index is 2.89. The molecule has 0 aliphatic heterocycles. The third-order valence-electron chi connectivity index (χ3n) is 2.47. The lowest BCUT2D eigenvalue weighted by molar-refractivity contribution is 0.0784. The van der Waals surface area contributed by atoms with Crippen LogP contribution in [0, 0.1) is 24.2 Å². The minimum atomic E-state index is -0.160. The van der Waals surface area contributed by atoms with Gasteiger partial charge in [0.1, 0.15) is 0 Å². The lowest BCUT2D eigenvalue weighted by Gasteiger charge is -2.19. The van der Waals surface area contributed by atoms with Crippen molar-refractivity contribution in [3.8, 4) is 6.07 Å². The van der Waals surface area contributed by atoms with Gasteiger partial charge in [0.05, 0.1) is 17.6 Å². The van der Waals surface area contributed by atoms with Gasteiger partial charge in [-0.25, -0.2) is 0 Å². The summed E-state index contributed by atoms with van der Waals surface area (Å²) in [6.07, 6.45) is 0. The van der Waals surface area contributed by atoms with Crippen molar-refractivity contribution in [2.45, 2.75) is 13.8 Å². The minimum absolute atomic E-state index is 0.0670. The fraction of sp³-hybridized carbons (Fsp3) is 0.385. The number of nitrogens with zero attached hydrogens (tertiary/aromatic N) is 2. The first-order valence-corrected chi connectivity index (χ1v) is 6.16. The van der Waals surface area contributed by atoms with E-state index in [1.165, 1.54) is 0 Å². The monoisotopic (exact) mass is 294 g/mol. The highest BCUT2D eigenvalue weighted by Crippen LogP contribution is 2.19. The van der Waals surface area contributed by atoms with Gasteiger partial charge in [-0.05, 0) is 41.9 Å². The molecule has 17 heavy (non-hydrogen) atoms. The molecule has 4 heteroatoms. The number of nitriles is 1. The molecule has 0 aliphatic rings. The first-order chi connectivity index (χ1) is 7.95. The first-order valence-electron chi connectivity index (χ1n) is 5.37. The molecule has 1 atom stereocenters. The Morgan fingerprint density at radius 2 is 2.24 bits per heavy atom. The Morgan fingerprint density at radius 3 is 2.82 bits per heavy atom. The minimum Gasteiger partial charge on any atom is -0.340 e. The van der Waals surface area contributed by atoms with Crippen LogP contribution in [0.5, 0.6) is 0 Å². The zero-order chi connectivity index (χ0) is 13.0. The largest absolute Gasteiger partial charge is 0.340 e. The predicted octanol–water partition coefficient (Wildman–Crippen LogP) is 2.99. The lowest BCUT2D eigenvalue weighted by Crippen LogP contribution is -2.30. The van der Waals surface area contributed by atoms with Crippen molar-refractivity contribution in [3.05, 3.63) is 33.8 Å². The second-order valence-corrected chi connectivity index (χ2v) is 5.05. The summed E-state index contributed by atoms with van der Waals surface area (Å²) in [4.78, 5) is 13.7. The van der Waals surface area contributed by atoms with Crippen molar-refractivity contribution in [2.24, 2.45) is 5.92 Å². The Bertz CT molecular complexity index is 465. The number of carbonyl (C=O) groups is 1. The molecule has 0 fully saturated rings. The molecule has 90 valence electrons. The van der Waals surface area contributed by atoms with Gasteiger partial charge in [-0.1, -0.05) is 11.6 Å². The summed E-state index contributed by atoms with van der Waals surface area (Å²) in [5, 5.41) is 8.74. The summed E-state index contributed by atoms with van der Waals surface area (Å²) >= 11 is 3.37. The van der Waals surface area contributed by atoms with Crippen LogP contribution in [-0.2, 0) is 0 Å². The number of aryl methyl sites for hydroxylation is 1. The Labute approximate surface area is 110 Å². The van der Waals surface area contributed by atoms with E-state index in [-0.39, 0.29) is 11.8 Å². The number of benzene rings is 1. The molecule has 0 radical (unpaired) electrons. The first kappa shape index (κ1) is 13.7. The summed E-state index contributed by atoms with van der Waals surface area (Å²) in [7, 11) is 1.71. The van der Waals surface area contributed by atoms with Gasteiger partial charge in [0.15, 0.2) is 0 Å². The molecule has 1 amide bonds. The van der Waals surface area contributed by atoms with E-state index in [4.69, 9.17) is 5.26 Å². The number of carbonyl (C=O) groups excluding carboxylic acids is 1. The van der Waals surface area contributed by atoms with Crippen molar-refractivity contribution in [1.29, 1.82) is 5.26 Å². The maximum absolute atomic E-state index is 12.2. The molecule has 0 saturated carbocycles. The number of hydrogen-bond acceptors (Lipinski definition) is 2. The third-order valence-corrected chi connectivity index (χ3v) is 3.16. The van der Waals surface area contributed by atoms with Crippen molar-refractivity contribution in [2.75, 3.05) is 13.6 Å². The molecule has 1 unspecified atom stereocenters. The van der Waals surface area contributed by atoms with Crippen molar-refractivity contribution < 1.29 is 4.79 Å². The standard InChI is InChI=1S/C13H15BrN2O/c1-9-4-5-12(14)11(6-9)13(17)16(3)8-10(2)7-15/h4-6,10H,8H2,1-3H3. The van der Waals surface area contributed by atoms with Gasteiger partial charge in [0.2, 0.25) is 0 Å². The van der Waals surface area contributed by atoms with Crippen LogP contribution in [-0.4, -0.2) is 24.4 Å². The molecule has 0 aromatic heterocycles. The average Bonchev–Trinajstić information content (AvgIpc) is 2.31. The molecule has 0 aliphatic carbocycles. The molecule has 0 N–H and O–H groups in total. The van der Waals surface area contributed by atoms with Gasteiger partial charge < -0.3 is 4.90 Å². The number of rotatable bonds is 3. The molecular formula is C13H15BrN2O. The van der Waals surface area contributed by atoms with Crippen LogP contribution < -0.4 is 0 Å². The SMILES string of the molecule is Cc1ccc(Br)c(C(=O)N(C)CC(C)C#N)c1. The van der Waals surface area contributed by atoms with E-state index in [1.807, 2.05) is 25.1 Å². The van der Waals surface area contributed by atoms with Crippen LogP contribution in [0.4, 0.5) is 0 Å². The number of halogens is 1. The quantitative estimate of drug-likeness (QED) is 0.860. The number of hydrogen-bond donors (Lipinski definition) is 0. The third kappa shape index (κ3) is 3.57. The highest BCUT2D eigenvalue weighted by Gasteiger charge is 2.16. The summed E-state index contributed by atoms with van der Waals surface area (Å²) in [5.41, 5.74) is 1.68. The fourth-order valence-electron chi connectivity index (χ4n) is 1.54. The molecule has 3 nitrogen and oxygen atoms in total. The topological polar surface area (TPSA) is 44.1 Å². The normalized spacial score (nSPS) is 11.7. The maximum atomic E-state index is 12.2. The summed E-state index contributed by atoms with van der Waals surface area (Å²) < 4.78 is 0.782. The van der Waals surface area contributed by atoms with Crippen LogP contribution in [0.3, 0.4) is 0 Å². The molecular weight excluding hydrogens is 280 g/mol. The smallest absolute Gasteiger partial charge is 0.254 e. The van der Waals surface area contributed by atoms with E-state index in [1.54, 1.807) is 18.9 Å². The van der Waals surface area contributed by atoms with E-state index in [2.05, 4.69) is 22.0 Å². The highest BCUT2D eigenvalue weighted by molar-refractivity contribution is 9.10. The van der Waals surface area contributed by atoms with Crippen molar-refractivity contribution in [3.63, 3.8) is 0 Å². The van der Waals surface area contributed by atoms with E-state index in [9.17, 15) is 4.79 Å². The lowest BCUT2D eigenvalue weighted by atomic mass is 10.1. The second-order valence-electron chi connectivity index (χ2n) is 4.20. The molecule has 1 aromatic rings. The molecule has 0 saturated heterocycles. The molecule has 0 bridgehead atoms. The maximum Gasteiger partial charge on any atom is 0.254 e. The highest BCUT2D eigenvalue weighted by atomic mass is 79.9. The van der Waals surface area contributed by atoms with E-state index in [0.29, 0.717) is 12.1 Å². The average molecular weight is 295 g/mol. The van der Waals surface area contributed by atoms with E-state index < -0.39 is 0 Å². The molecule has 1 aromatic carbocycles. The van der Waals surface area contributed by atoms with Gasteiger partial charge in [0, 0.05) is 18.1 Å². The molecule has 0 spiro atoms. The van der Waals surface area contributed by atoms with E-state index >= 15 is 0 Å². The van der Waals surface area contributed by atoms with E-state index in [0.717, 1.165) is 10.0 Å². The summed E-state index contributed by atoms with van der Waals surface area (Å²) in [5.74, 6) is -0.227. The Hall–Kier alpha value is -1.34. The zero-order valence-corrected chi connectivity index (χ0v) is 11.8. The molecule has 1 rings (SSSR count). The van der Waals surface area contributed by atoms with Crippen LogP contribution in [0.1, 0.15) is 22.8 Å². The van der Waals surface area contributed by atoms with Crippen molar-refractivity contribution >= 4 is 21.8 Å². The Kier molecular flexibility index (Phi) is 4.71. The van der Waals surface area contributed by atoms with Gasteiger partial charge in [-0.2, -0.15) is 5.26 Å². The summed E-state index contributed by atoms with van der Waals surface area (Å²) in [6.45, 7) is 4.19. The van der Waals surface area contributed by atoms with Crippen LogP contribution in [0.25, 0.3) is 0 Å². The molecule has 0 heterocycles. The number of amides is 1. The van der Waals surface area contributed by atoms with Gasteiger partial charge in [-0.15, -0.1) is 0 Å². The van der Waals surface area contributed by atoms with Crippen LogP contribution >= 0.6 is 15.9 Å².